The highest BCUT2D eigenvalue weighted by atomic mass is 32.2. The van der Waals surface area contributed by atoms with Crippen molar-refractivity contribution < 1.29 is 22.3 Å². The molecule has 1 aromatic heterocycles. The van der Waals surface area contributed by atoms with Gasteiger partial charge in [0.15, 0.2) is 0 Å². The van der Waals surface area contributed by atoms with Crippen molar-refractivity contribution in [2.24, 2.45) is 0 Å². The summed E-state index contributed by atoms with van der Waals surface area (Å²) in [6, 6.07) is 8.91. The highest BCUT2D eigenvalue weighted by molar-refractivity contribution is 7.90. The van der Waals surface area contributed by atoms with Crippen molar-refractivity contribution in [2.45, 2.75) is 13.0 Å². The maximum absolute atomic E-state index is 12.8. The van der Waals surface area contributed by atoms with Gasteiger partial charge in [-0.2, -0.15) is 0 Å². The Balaban J connectivity index is 1.83. The zero-order chi connectivity index (χ0) is 17.6. The third kappa shape index (κ3) is 6.33. The van der Waals surface area contributed by atoms with Gasteiger partial charge in [0, 0.05) is 31.5 Å². The molecule has 0 spiro atoms. The predicted octanol–water partition coefficient (Wildman–Crippen LogP) is 2.06. The van der Waals surface area contributed by atoms with Crippen molar-refractivity contribution in [1.82, 2.24) is 10.3 Å². The number of amides is 1. The van der Waals surface area contributed by atoms with Crippen LogP contribution in [0.1, 0.15) is 12.0 Å². The van der Waals surface area contributed by atoms with Gasteiger partial charge < -0.3 is 10.1 Å². The van der Waals surface area contributed by atoms with E-state index in [1.807, 2.05) is 0 Å². The summed E-state index contributed by atoms with van der Waals surface area (Å²) in [7, 11) is -3.15. The molecular formula is C16H17FN2O4S. The number of carbonyl (C=O) groups excluding carboxylic acids is 1. The van der Waals surface area contributed by atoms with Crippen LogP contribution in [0.4, 0.5) is 4.39 Å². The average molecular weight is 352 g/mol. The molecule has 0 saturated carbocycles. The minimum atomic E-state index is -3.15. The first-order valence-electron chi connectivity index (χ1n) is 7.14. The van der Waals surface area contributed by atoms with E-state index in [1.54, 1.807) is 12.1 Å². The van der Waals surface area contributed by atoms with Crippen LogP contribution in [0.3, 0.4) is 0 Å². The van der Waals surface area contributed by atoms with Gasteiger partial charge in [0.1, 0.15) is 21.4 Å². The lowest BCUT2D eigenvalue weighted by molar-refractivity contribution is -0.120. The van der Waals surface area contributed by atoms with Crippen LogP contribution in [0.5, 0.6) is 11.6 Å². The maximum atomic E-state index is 12.8. The summed E-state index contributed by atoms with van der Waals surface area (Å²) in [5, 5.41) is 2.62. The minimum absolute atomic E-state index is 0.0714. The van der Waals surface area contributed by atoms with E-state index in [0.29, 0.717) is 11.6 Å². The molecule has 6 nitrogen and oxygen atoms in total. The van der Waals surface area contributed by atoms with Crippen molar-refractivity contribution >= 4 is 15.7 Å². The van der Waals surface area contributed by atoms with E-state index in [2.05, 4.69) is 10.3 Å². The van der Waals surface area contributed by atoms with Crippen molar-refractivity contribution in [3.05, 3.63) is 54.0 Å². The summed E-state index contributed by atoms with van der Waals surface area (Å²) in [4.78, 5) is 15.6. The summed E-state index contributed by atoms with van der Waals surface area (Å²) >= 11 is 0. The van der Waals surface area contributed by atoms with Crippen LogP contribution < -0.4 is 10.1 Å². The highest BCUT2D eigenvalue weighted by Gasteiger charge is 2.08. The summed E-state index contributed by atoms with van der Waals surface area (Å²) in [5.74, 6) is -0.0644. The molecule has 0 aliphatic heterocycles. The number of benzene rings is 1. The molecule has 0 aliphatic carbocycles. The van der Waals surface area contributed by atoms with E-state index in [0.717, 1.165) is 11.8 Å². The van der Waals surface area contributed by atoms with Gasteiger partial charge in [-0.05, 0) is 29.8 Å². The van der Waals surface area contributed by atoms with Gasteiger partial charge in [-0.1, -0.05) is 6.07 Å². The standard InChI is InChI=1S/C16H17FN2O4S/c1-24(21,22)9-8-15(20)18-10-12-2-7-16(19-11-12)23-14-5-3-13(17)4-6-14/h2-7,11H,8-10H2,1H3,(H,18,20). The lowest BCUT2D eigenvalue weighted by atomic mass is 10.3. The van der Waals surface area contributed by atoms with Crippen LogP contribution >= 0.6 is 0 Å². The molecule has 1 amide bonds. The van der Waals surface area contributed by atoms with Gasteiger partial charge >= 0.3 is 0 Å². The molecule has 2 rings (SSSR count). The normalized spacial score (nSPS) is 11.1. The second-order valence-electron chi connectivity index (χ2n) is 5.22. The van der Waals surface area contributed by atoms with Crippen molar-refractivity contribution in [1.29, 1.82) is 0 Å². The number of halogens is 1. The Labute approximate surface area is 139 Å². The van der Waals surface area contributed by atoms with Crippen LogP contribution in [-0.4, -0.2) is 31.3 Å². The number of hydrogen-bond acceptors (Lipinski definition) is 5. The Morgan fingerprint density at radius 1 is 1.21 bits per heavy atom. The molecule has 2 aromatic rings. The summed E-state index contributed by atoms with van der Waals surface area (Å²) in [6.45, 7) is 0.242. The molecule has 1 heterocycles. The van der Waals surface area contributed by atoms with E-state index < -0.39 is 9.84 Å². The molecule has 1 N–H and O–H groups in total. The van der Waals surface area contributed by atoms with Crippen LogP contribution in [0.25, 0.3) is 0 Å². The molecule has 0 unspecified atom stereocenters. The Bertz CT molecular complexity index is 790. The zero-order valence-electron chi connectivity index (χ0n) is 13.0. The van der Waals surface area contributed by atoms with E-state index in [-0.39, 0.29) is 30.4 Å². The molecule has 8 heteroatoms. The first kappa shape index (κ1) is 17.9. The van der Waals surface area contributed by atoms with E-state index in [4.69, 9.17) is 4.74 Å². The number of rotatable bonds is 7. The fourth-order valence-corrected chi connectivity index (χ4v) is 2.32. The number of nitrogens with zero attached hydrogens (tertiary/aromatic N) is 1. The van der Waals surface area contributed by atoms with Crippen LogP contribution in [-0.2, 0) is 21.2 Å². The molecular weight excluding hydrogens is 335 g/mol. The molecule has 0 fully saturated rings. The highest BCUT2D eigenvalue weighted by Crippen LogP contribution is 2.19. The molecule has 0 aliphatic rings. The summed E-state index contributed by atoms with van der Waals surface area (Å²) in [6.07, 6.45) is 2.55. The lowest BCUT2D eigenvalue weighted by Crippen LogP contribution is -2.24. The van der Waals surface area contributed by atoms with Gasteiger partial charge in [0.05, 0.1) is 5.75 Å². The van der Waals surface area contributed by atoms with Gasteiger partial charge in [-0.3, -0.25) is 4.79 Å². The second-order valence-corrected chi connectivity index (χ2v) is 7.48. The number of pyridine rings is 1. The number of nitrogens with one attached hydrogen (secondary N) is 1. The van der Waals surface area contributed by atoms with Gasteiger partial charge in [-0.15, -0.1) is 0 Å². The average Bonchev–Trinajstić information content (AvgIpc) is 2.54. The first-order chi connectivity index (χ1) is 11.3. The molecule has 0 atom stereocenters. The number of sulfone groups is 1. The van der Waals surface area contributed by atoms with Gasteiger partial charge in [0.25, 0.3) is 0 Å². The van der Waals surface area contributed by atoms with Gasteiger partial charge in [-0.25, -0.2) is 17.8 Å². The largest absolute Gasteiger partial charge is 0.439 e. The Hall–Kier alpha value is -2.48. The monoisotopic (exact) mass is 352 g/mol. The third-order valence-corrected chi connectivity index (χ3v) is 3.97. The fourth-order valence-electron chi connectivity index (χ4n) is 1.77. The summed E-state index contributed by atoms with van der Waals surface area (Å²) in [5.41, 5.74) is 0.745. The van der Waals surface area contributed by atoms with Crippen LogP contribution in [0, 0.1) is 5.82 Å². The number of aromatic nitrogens is 1. The Kier molecular flexibility index (Phi) is 5.86. The number of ether oxygens (including phenoxy) is 1. The number of carbonyl (C=O) groups is 1. The quantitative estimate of drug-likeness (QED) is 0.824. The zero-order valence-corrected chi connectivity index (χ0v) is 13.8. The molecule has 0 saturated heterocycles. The molecule has 1 aromatic carbocycles. The molecule has 128 valence electrons. The maximum Gasteiger partial charge on any atom is 0.221 e. The van der Waals surface area contributed by atoms with E-state index in [1.165, 1.54) is 30.5 Å². The fraction of sp³-hybridized carbons (Fsp3) is 0.250. The van der Waals surface area contributed by atoms with Crippen LogP contribution in [0.2, 0.25) is 0 Å². The third-order valence-electron chi connectivity index (χ3n) is 3.02. The van der Waals surface area contributed by atoms with E-state index in [9.17, 15) is 17.6 Å². The van der Waals surface area contributed by atoms with Crippen LogP contribution in [0.15, 0.2) is 42.6 Å². The SMILES string of the molecule is CS(=O)(=O)CCC(=O)NCc1ccc(Oc2ccc(F)cc2)nc1. The topological polar surface area (TPSA) is 85.4 Å². The van der Waals surface area contributed by atoms with Gasteiger partial charge in [0.2, 0.25) is 11.8 Å². The number of hydrogen-bond donors (Lipinski definition) is 1. The van der Waals surface area contributed by atoms with Crippen molar-refractivity contribution in [3.8, 4) is 11.6 Å². The minimum Gasteiger partial charge on any atom is -0.439 e. The smallest absolute Gasteiger partial charge is 0.221 e. The second kappa shape index (κ2) is 7.87. The Morgan fingerprint density at radius 2 is 1.92 bits per heavy atom. The Morgan fingerprint density at radius 3 is 2.50 bits per heavy atom. The summed E-state index contributed by atoms with van der Waals surface area (Å²) < 4.78 is 40.3. The first-order valence-corrected chi connectivity index (χ1v) is 9.21. The molecule has 0 radical (unpaired) electrons. The predicted molar refractivity (Wildman–Crippen MR) is 86.9 cm³/mol. The lowest BCUT2D eigenvalue weighted by Gasteiger charge is -2.07. The van der Waals surface area contributed by atoms with E-state index >= 15 is 0 Å². The van der Waals surface area contributed by atoms with Crippen molar-refractivity contribution in [3.63, 3.8) is 0 Å². The molecule has 24 heavy (non-hydrogen) atoms. The van der Waals surface area contributed by atoms with Crippen molar-refractivity contribution in [2.75, 3.05) is 12.0 Å². The molecule has 0 bridgehead atoms.